The monoisotopic (exact) mass is 288 g/mol. The van der Waals surface area contributed by atoms with Gasteiger partial charge in [-0.1, -0.05) is 18.2 Å². The first-order valence-corrected chi connectivity index (χ1v) is 6.35. The Labute approximate surface area is 122 Å². The standard InChI is InChI=1S/C15H14BFO4/c1-10-5-6-12(17)7-11(10)9-21-15-4-2-3-14(16(19)20)13(15)8-18/h2-8,19-20H,9H2,1H3. The maximum Gasteiger partial charge on any atom is 0.489 e. The summed E-state index contributed by atoms with van der Waals surface area (Å²) in [5.74, 6) is -0.145. The summed E-state index contributed by atoms with van der Waals surface area (Å²) in [5.41, 5.74) is 1.66. The van der Waals surface area contributed by atoms with Crippen LogP contribution in [0.5, 0.6) is 5.75 Å². The van der Waals surface area contributed by atoms with Crippen LogP contribution < -0.4 is 10.2 Å². The second-order valence-corrected chi connectivity index (χ2v) is 4.61. The first kappa shape index (κ1) is 15.2. The van der Waals surface area contributed by atoms with Crippen molar-refractivity contribution in [2.24, 2.45) is 0 Å². The third-order valence-electron chi connectivity index (χ3n) is 3.19. The van der Waals surface area contributed by atoms with Gasteiger partial charge in [-0.15, -0.1) is 0 Å². The van der Waals surface area contributed by atoms with Crippen molar-refractivity contribution in [1.82, 2.24) is 0 Å². The molecule has 0 aliphatic carbocycles. The number of hydrogen-bond donors (Lipinski definition) is 2. The van der Waals surface area contributed by atoms with Gasteiger partial charge >= 0.3 is 7.12 Å². The lowest BCUT2D eigenvalue weighted by Gasteiger charge is -2.13. The van der Waals surface area contributed by atoms with Gasteiger partial charge in [0.1, 0.15) is 18.2 Å². The van der Waals surface area contributed by atoms with Gasteiger partial charge in [-0.3, -0.25) is 4.79 Å². The van der Waals surface area contributed by atoms with Crippen molar-refractivity contribution >= 4 is 18.9 Å². The molecule has 21 heavy (non-hydrogen) atoms. The molecule has 2 N–H and O–H groups in total. The molecule has 0 amide bonds. The molecule has 2 aromatic carbocycles. The summed E-state index contributed by atoms with van der Waals surface area (Å²) in [6, 6.07) is 8.89. The molecule has 0 radical (unpaired) electrons. The highest BCUT2D eigenvalue weighted by Crippen LogP contribution is 2.18. The summed E-state index contributed by atoms with van der Waals surface area (Å²) >= 11 is 0. The van der Waals surface area contributed by atoms with E-state index < -0.39 is 7.12 Å². The van der Waals surface area contributed by atoms with Gasteiger partial charge in [0.05, 0.1) is 5.56 Å². The zero-order valence-electron chi connectivity index (χ0n) is 11.4. The first-order chi connectivity index (χ1) is 10.0. The maximum absolute atomic E-state index is 13.2. The summed E-state index contributed by atoms with van der Waals surface area (Å²) in [6.07, 6.45) is 0.503. The molecule has 0 saturated carbocycles. The van der Waals surface area contributed by atoms with Crippen LogP contribution in [0.3, 0.4) is 0 Å². The average Bonchev–Trinajstić information content (AvgIpc) is 2.47. The van der Waals surface area contributed by atoms with Crippen LogP contribution >= 0.6 is 0 Å². The van der Waals surface area contributed by atoms with Crippen molar-refractivity contribution < 1.29 is 24.0 Å². The lowest BCUT2D eigenvalue weighted by Crippen LogP contribution is -2.33. The molecule has 0 fully saturated rings. The number of carbonyl (C=O) groups is 1. The number of carbonyl (C=O) groups excluding carboxylic acids is 1. The van der Waals surface area contributed by atoms with E-state index in [4.69, 9.17) is 4.74 Å². The van der Waals surface area contributed by atoms with E-state index in [2.05, 4.69) is 0 Å². The van der Waals surface area contributed by atoms with E-state index in [1.807, 2.05) is 6.92 Å². The summed E-state index contributed by atoms with van der Waals surface area (Å²) in [5, 5.41) is 18.4. The van der Waals surface area contributed by atoms with Crippen molar-refractivity contribution in [3.05, 3.63) is 58.9 Å². The Morgan fingerprint density at radius 2 is 2.05 bits per heavy atom. The van der Waals surface area contributed by atoms with Crippen molar-refractivity contribution in [2.75, 3.05) is 0 Å². The molecular formula is C15H14BFO4. The number of halogens is 1. The fourth-order valence-corrected chi connectivity index (χ4v) is 1.99. The first-order valence-electron chi connectivity index (χ1n) is 6.35. The molecule has 2 aromatic rings. The van der Waals surface area contributed by atoms with Gasteiger partial charge in [0.15, 0.2) is 6.29 Å². The van der Waals surface area contributed by atoms with E-state index in [1.54, 1.807) is 18.2 Å². The fourth-order valence-electron chi connectivity index (χ4n) is 1.99. The molecule has 6 heteroatoms. The molecule has 108 valence electrons. The predicted octanol–water partition coefficient (Wildman–Crippen LogP) is 1.21. The molecule has 0 aromatic heterocycles. The summed E-state index contributed by atoms with van der Waals surface area (Å²) < 4.78 is 18.7. The van der Waals surface area contributed by atoms with E-state index in [-0.39, 0.29) is 29.2 Å². The molecule has 2 rings (SSSR count). The number of aryl methyl sites for hydroxylation is 1. The maximum atomic E-state index is 13.2. The van der Waals surface area contributed by atoms with Gasteiger partial charge in [0, 0.05) is 0 Å². The Hall–Kier alpha value is -2.18. The van der Waals surface area contributed by atoms with E-state index in [0.717, 1.165) is 5.56 Å². The average molecular weight is 288 g/mol. The third-order valence-corrected chi connectivity index (χ3v) is 3.19. The highest BCUT2D eigenvalue weighted by molar-refractivity contribution is 6.60. The quantitative estimate of drug-likeness (QED) is 0.641. The number of benzene rings is 2. The lowest BCUT2D eigenvalue weighted by molar-refractivity contribution is 0.111. The van der Waals surface area contributed by atoms with Crippen molar-refractivity contribution in [3.63, 3.8) is 0 Å². The van der Waals surface area contributed by atoms with Gasteiger partial charge in [-0.05, 0) is 41.7 Å². The van der Waals surface area contributed by atoms with E-state index in [1.165, 1.54) is 18.2 Å². The highest BCUT2D eigenvalue weighted by atomic mass is 19.1. The minimum Gasteiger partial charge on any atom is -0.488 e. The topological polar surface area (TPSA) is 66.8 Å². The van der Waals surface area contributed by atoms with E-state index >= 15 is 0 Å². The minimum absolute atomic E-state index is 0.0680. The minimum atomic E-state index is -1.76. The van der Waals surface area contributed by atoms with Crippen molar-refractivity contribution in [1.29, 1.82) is 0 Å². The zero-order chi connectivity index (χ0) is 15.4. The lowest BCUT2D eigenvalue weighted by atomic mass is 9.77. The third kappa shape index (κ3) is 3.48. The SMILES string of the molecule is Cc1ccc(F)cc1COc1cccc(B(O)O)c1C=O. The molecule has 0 aliphatic heterocycles. The molecule has 0 bridgehead atoms. The Bertz CT molecular complexity index is 658. The number of hydrogen-bond acceptors (Lipinski definition) is 4. The number of rotatable bonds is 5. The van der Waals surface area contributed by atoms with Crippen LogP contribution in [0.15, 0.2) is 36.4 Å². The molecule has 0 saturated heterocycles. The summed E-state index contributed by atoms with van der Waals surface area (Å²) in [7, 11) is -1.76. The molecule has 0 atom stereocenters. The molecule has 0 heterocycles. The van der Waals surface area contributed by atoms with Crippen LogP contribution in [0.25, 0.3) is 0 Å². The Morgan fingerprint density at radius 3 is 2.71 bits per heavy atom. The molecule has 0 aliphatic rings. The van der Waals surface area contributed by atoms with Gasteiger partial charge in [-0.25, -0.2) is 4.39 Å². The van der Waals surface area contributed by atoms with Crippen LogP contribution in [0.2, 0.25) is 0 Å². The largest absolute Gasteiger partial charge is 0.489 e. The number of ether oxygens (including phenoxy) is 1. The Balaban J connectivity index is 2.26. The van der Waals surface area contributed by atoms with Crippen LogP contribution in [-0.2, 0) is 6.61 Å². The predicted molar refractivity (Wildman–Crippen MR) is 77.1 cm³/mol. The van der Waals surface area contributed by atoms with E-state index in [0.29, 0.717) is 11.8 Å². The van der Waals surface area contributed by atoms with Crippen LogP contribution in [0, 0.1) is 12.7 Å². The molecule has 0 unspecified atom stereocenters. The Morgan fingerprint density at radius 1 is 1.29 bits per heavy atom. The van der Waals surface area contributed by atoms with Gasteiger partial charge in [0.25, 0.3) is 0 Å². The summed E-state index contributed by atoms with van der Waals surface area (Å²) in [6.45, 7) is 1.90. The number of aldehydes is 1. The molecular weight excluding hydrogens is 274 g/mol. The van der Waals surface area contributed by atoms with Crippen LogP contribution in [0.4, 0.5) is 4.39 Å². The van der Waals surface area contributed by atoms with Crippen molar-refractivity contribution in [2.45, 2.75) is 13.5 Å². The van der Waals surface area contributed by atoms with E-state index in [9.17, 15) is 19.2 Å². The second kappa shape index (κ2) is 6.52. The normalized spacial score (nSPS) is 10.3. The second-order valence-electron chi connectivity index (χ2n) is 4.61. The molecule has 0 spiro atoms. The zero-order valence-corrected chi connectivity index (χ0v) is 11.4. The molecule has 4 nitrogen and oxygen atoms in total. The van der Waals surface area contributed by atoms with Crippen LogP contribution in [0.1, 0.15) is 21.5 Å². The van der Waals surface area contributed by atoms with Gasteiger partial charge in [0.2, 0.25) is 0 Å². The van der Waals surface area contributed by atoms with Gasteiger partial charge in [-0.2, -0.15) is 0 Å². The summed E-state index contributed by atoms with van der Waals surface area (Å²) in [4.78, 5) is 11.1. The van der Waals surface area contributed by atoms with Crippen LogP contribution in [-0.4, -0.2) is 23.5 Å². The van der Waals surface area contributed by atoms with Gasteiger partial charge < -0.3 is 14.8 Å². The highest BCUT2D eigenvalue weighted by Gasteiger charge is 2.19. The fraction of sp³-hybridized carbons (Fsp3) is 0.133. The Kier molecular flexibility index (Phi) is 4.72. The smallest absolute Gasteiger partial charge is 0.488 e. The van der Waals surface area contributed by atoms with Crippen molar-refractivity contribution in [3.8, 4) is 5.75 Å².